The van der Waals surface area contributed by atoms with Gasteiger partial charge in [-0.15, -0.1) is 0 Å². The number of H-pyrrole nitrogens is 1. The van der Waals surface area contributed by atoms with Gasteiger partial charge in [0.25, 0.3) is 0 Å². The lowest BCUT2D eigenvalue weighted by Gasteiger charge is -2.11. The lowest BCUT2D eigenvalue weighted by Crippen LogP contribution is -2.12. The van der Waals surface area contributed by atoms with Gasteiger partial charge in [-0.2, -0.15) is 14.7 Å². The van der Waals surface area contributed by atoms with E-state index in [1.54, 1.807) is 25.7 Å². The monoisotopic (exact) mass is 319 g/mol. The number of hydrogen-bond acceptors (Lipinski definition) is 5. The summed E-state index contributed by atoms with van der Waals surface area (Å²) >= 11 is 0. The van der Waals surface area contributed by atoms with Crippen LogP contribution in [0.4, 0.5) is 0 Å². The number of pyridine rings is 1. The van der Waals surface area contributed by atoms with Crippen LogP contribution < -0.4 is 10.4 Å². The number of methoxy groups -OCH3 is 1. The van der Waals surface area contributed by atoms with Crippen LogP contribution in [0.25, 0.3) is 27.9 Å². The molecule has 0 radical (unpaired) electrons. The molecule has 118 valence electrons. The molecule has 0 bridgehead atoms. The maximum Gasteiger partial charge on any atom is 0.364 e. The van der Waals surface area contributed by atoms with Gasteiger partial charge in [-0.1, -0.05) is 12.1 Å². The molecule has 0 atom stereocenters. The molecule has 7 nitrogen and oxygen atoms in total. The Morgan fingerprint density at radius 2 is 1.79 bits per heavy atom. The first-order valence-corrected chi connectivity index (χ1v) is 7.29. The summed E-state index contributed by atoms with van der Waals surface area (Å²) in [6.45, 7) is 0. The van der Waals surface area contributed by atoms with Crippen LogP contribution in [0.15, 0.2) is 59.8 Å². The quantitative estimate of drug-likeness (QED) is 0.625. The Kier molecular flexibility index (Phi) is 3.31. The summed E-state index contributed by atoms with van der Waals surface area (Å²) in [7, 11) is 1.63. The minimum absolute atomic E-state index is 0.374. The fourth-order valence-electron chi connectivity index (χ4n) is 2.65. The Bertz CT molecular complexity index is 1050. The zero-order valence-electron chi connectivity index (χ0n) is 12.8. The average Bonchev–Trinajstić information content (AvgIpc) is 3.03. The zero-order valence-corrected chi connectivity index (χ0v) is 12.8. The molecule has 0 spiro atoms. The standard InChI is InChI=1S/C17H13N5O2/c1-24-13-4-2-11(3-5-13)14-10-19-22-16(20-21-17(22)23)15(14)12-6-8-18-9-7-12/h2-10H,1H3,(H,21,23). The van der Waals surface area contributed by atoms with E-state index in [1.165, 1.54) is 4.52 Å². The predicted octanol–water partition coefficient (Wildman–Crippen LogP) is 2.16. The number of nitrogens with zero attached hydrogens (tertiary/aromatic N) is 4. The van der Waals surface area contributed by atoms with Gasteiger partial charge in [0.15, 0.2) is 5.65 Å². The smallest absolute Gasteiger partial charge is 0.364 e. The number of aromatic nitrogens is 5. The van der Waals surface area contributed by atoms with Crippen molar-refractivity contribution in [1.29, 1.82) is 0 Å². The van der Waals surface area contributed by atoms with Gasteiger partial charge in [0, 0.05) is 23.5 Å². The van der Waals surface area contributed by atoms with Gasteiger partial charge in [-0.25, -0.2) is 9.89 Å². The number of aromatic amines is 1. The van der Waals surface area contributed by atoms with Gasteiger partial charge in [0.1, 0.15) is 5.75 Å². The normalized spacial score (nSPS) is 10.9. The van der Waals surface area contributed by atoms with Gasteiger partial charge in [-0.05, 0) is 35.4 Å². The lowest BCUT2D eigenvalue weighted by molar-refractivity contribution is 0.415. The molecule has 3 aromatic heterocycles. The molecule has 4 rings (SSSR count). The third-order valence-corrected chi connectivity index (χ3v) is 3.82. The fourth-order valence-corrected chi connectivity index (χ4v) is 2.65. The molecule has 0 aliphatic carbocycles. The molecule has 0 aliphatic heterocycles. The lowest BCUT2D eigenvalue weighted by atomic mass is 9.97. The number of benzene rings is 1. The van der Waals surface area contributed by atoms with Crippen molar-refractivity contribution < 1.29 is 4.74 Å². The van der Waals surface area contributed by atoms with Gasteiger partial charge >= 0.3 is 5.69 Å². The highest BCUT2D eigenvalue weighted by molar-refractivity contribution is 5.90. The third kappa shape index (κ3) is 2.23. The summed E-state index contributed by atoms with van der Waals surface area (Å²) in [5.41, 5.74) is 3.64. The molecule has 0 amide bonds. The van der Waals surface area contributed by atoms with Crippen LogP contribution in [0.1, 0.15) is 0 Å². The molecule has 0 fully saturated rings. The summed E-state index contributed by atoms with van der Waals surface area (Å²) in [6, 6.07) is 11.4. The van der Waals surface area contributed by atoms with E-state index in [-0.39, 0.29) is 5.69 Å². The SMILES string of the molecule is COc1ccc(-c2cnn3c(=O)[nH]nc3c2-c2ccncc2)cc1. The maximum absolute atomic E-state index is 11.8. The van der Waals surface area contributed by atoms with Gasteiger partial charge in [0.2, 0.25) is 0 Å². The molecule has 0 aliphatic rings. The Hall–Kier alpha value is -3.48. The van der Waals surface area contributed by atoms with Crippen LogP contribution in [-0.4, -0.2) is 31.9 Å². The molecular weight excluding hydrogens is 306 g/mol. The molecule has 0 saturated heterocycles. The molecule has 24 heavy (non-hydrogen) atoms. The number of nitrogens with one attached hydrogen (secondary N) is 1. The number of fused-ring (bicyclic) bond motifs is 1. The minimum atomic E-state index is -0.374. The van der Waals surface area contributed by atoms with E-state index < -0.39 is 0 Å². The summed E-state index contributed by atoms with van der Waals surface area (Å²) in [5, 5.41) is 10.8. The van der Waals surface area contributed by atoms with Crippen molar-refractivity contribution in [3.63, 3.8) is 0 Å². The summed E-state index contributed by atoms with van der Waals surface area (Å²) < 4.78 is 6.46. The van der Waals surface area contributed by atoms with Crippen LogP contribution in [0, 0.1) is 0 Å². The highest BCUT2D eigenvalue weighted by Crippen LogP contribution is 2.34. The molecule has 0 saturated carbocycles. The van der Waals surface area contributed by atoms with E-state index in [0.717, 1.165) is 28.0 Å². The molecule has 0 unspecified atom stereocenters. The van der Waals surface area contributed by atoms with Crippen molar-refractivity contribution in [2.75, 3.05) is 7.11 Å². The van der Waals surface area contributed by atoms with Crippen molar-refractivity contribution in [2.24, 2.45) is 0 Å². The minimum Gasteiger partial charge on any atom is -0.497 e. The van der Waals surface area contributed by atoms with Gasteiger partial charge < -0.3 is 4.74 Å². The van der Waals surface area contributed by atoms with Crippen LogP contribution >= 0.6 is 0 Å². The molecule has 7 heteroatoms. The van der Waals surface area contributed by atoms with Crippen LogP contribution in [0.2, 0.25) is 0 Å². The fraction of sp³-hybridized carbons (Fsp3) is 0.0588. The van der Waals surface area contributed by atoms with Gasteiger partial charge in [-0.3, -0.25) is 4.98 Å². The van der Waals surface area contributed by atoms with Crippen molar-refractivity contribution in [1.82, 2.24) is 24.8 Å². The zero-order chi connectivity index (χ0) is 16.5. The largest absolute Gasteiger partial charge is 0.497 e. The number of rotatable bonds is 3. The summed E-state index contributed by atoms with van der Waals surface area (Å²) in [5.74, 6) is 0.772. The van der Waals surface area contributed by atoms with E-state index in [4.69, 9.17) is 4.74 Å². The second kappa shape index (κ2) is 5.62. The summed E-state index contributed by atoms with van der Waals surface area (Å²) in [4.78, 5) is 15.9. The Morgan fingerprint density at radius 1 is 1.04 bits per heavy atom. The molecule has 3 heterocycles. The molecular formula is C17H13N5O2. The second-order valence-electron chi connectivity index (χ2n) is 5.16. The number of ether oxygens (including phenoxy) is 1. The predicted molar refractivity (Wildman–Crippen MR) is 88.8 cm³/mol. The van der Waals surface area contributed by atoms with Crippen LogP contribution in [-0.2, 0) is 0 Å². The number of hydrogen-bond donors (Lipinski definition) is 1. The Balaban J connectivity index is 2.02. The van der Waals surface area contributed by atoms with Crippen molar-refractivity contribution in [3.05, 3.63) is 65.5 Å². The topological polar surface area (TPSA) is 85.2 Å². The van der Waals surface area contributed by atoms with Crippen LogP contribution in [0.3, 0.4) is 0 Å². The van der Waals surface area contributed by atoms with E-state index in [9.17, 15) is 4.79 Å². The highest BCUT2D eigenvalue weighted by atomic mass is 16.5. The van der Waals surface area contributed by atoms with Gasteiger partial charge in [0.05, 0.1) is 13.3 Å². The first-order chi connectivity index (χ1) is 11.8. The Morgan fingerprint density at radius 3 is 2.50 bits per heavy atom. The molecule has 1 N–H and O–H groups in total. The Labute approximate surface area is 136 Å². The van der Waals surface area contributed by atoms with E-state index in [2.05, 4.69) is 20.3 Å². The first kappa shape index (κ1) is 14.1. The maximum atomic E-state index is 11.8. The van der Waals surface area contributed by atoms with Crippen molar-refractivity contribution in [2.45, 2.75) is 0 Å². The van der Waals surface area contributed by atoms with E-state index in [0.29, 0.717) is 5.65 Å². The third-order valence-electron chi connectivity index (χ3n) is 3.82. The van der Waals surface area contributed by atoms with Crippen molar-refractivity contribution in [3.8, 4) is 28.0 Å². The molecule has 4 aromatic rings. The average molecular weight is 319 g/mol. The van der Waals surface area contributed by atoms with Crippen LogP contribution in [0.5, 0.6) is 5.75 Å². The van der Waals surface area contributed by atoms with E-state index in [1.807, 2.05) is 36.4 Å². The first-order valence-electron chi connectivity index (χ1n) is 7.29. The second-order valence-corrected chi connectivity index (χ2v) is 5.16. The highest BCUT2D eigenvalue weighted by Gasteiger charge is 2.16. The molecule has 1 aromatic carbocycles. The van der Waals surface area contributed by atoms with Crippen molar-refractivity contribution >= 4 is 5.65 Å². The van der Waals surface area contributed by atoms with E-state index >= 15 is 0 Å². The summed E-state index contributed by atoms with van der Waals surface area (Å²) in [6.07, 6.45) is 5.07.